The Morgan fingerprint density at radius 3 is 2.56 bits per heavy atom. The van der Waals surface area contributed by atoms with E-state index in [4.69, 9.17) is 0 Å². The van der Waals surface area contributed by atoms with Crippen molar-refractivity contribution in [3.8, 4) is 0 Å². The molecular weight excluding hydrogens is 401 g/mol. The molecule has 27 heavy (non-hydrogen) atoms. The lowest BCUT2D eigenvalue weighted by Gasteiger charge is -2.15. The average Bonchev–Trinajstić information content (AvgIpc) is 3.01. The summed E-state index contributed by atoms with van der Waals surface area (Å²) in [5.41, 5.74) is 2.41. The van der Waals surface area contributed by atoms with Crippen molar-refractivity contribution in [1.29, 1.82) is 0 Å². The first kappa shape index (κ1) is 21.1. The smallest absolute Gasteiger partial charge is 0.310 e. The zero-order chi connectivity index (χ0) is 19.2. The van der Waals surface area contributed by atoms with E-state index >= 15 is 0 Å². The first-order valence-electron chi connectivity index (χ1n) is 7.81. The molecule has 0 aliphatic carbocycles. The third-order valence-electron chi connectivity index (χ3n) is 4.44. The Morgan fingerprint density at radius 2 is 1.93 bits per heavy atom. The van der Waals surface area contributed by atoms with Gasteiger partial charge in [0.1, 0.15) is 11.3 Å². The van der Waals surface area contributed by atoms with Gasteiger partial charge in [-0.25, -0.2) is 18.2 Å². The predicted molar refractivity (Wildman–Crippen MR) is 99.3 cm³/mol. The molecule has 0 bridgehead atoms. The van der Waals surface area contributed by atoms with Crippen LogP contribution in [0.15, 0.2) is 12.3 Å². The van der Waals surface area contributed by atoms with E-state index in [2.05, 4.69) is 9.97 Å². The Bertz CT molecular complexity index is 1040. The lowest BCUT2D eigenvalue weighted by atomic mass is 9.93. The van der Waals surface area contributed by atoms with Crippen LogP contribution in [0.25, 0.3) is 10.2 Å². The van der Waals surface area contributed by atoms with Crippen LogP contribution in [0.1, 0.15) is 40.2 Å². The van der Waals surface area contributed by atoms with E-state index in [1.807, 2.05) is 0 Å². The molecule has 0 aliphatic rings. The number of benzene rings is 1. The van der Waals surface area contributed by atoms with E-state index in [0.29, 0.717) is 22.3 Å². The molecule has 0 amide bonds. The average molecular weight is 417 g/mol. The number of halogens is 4. The topological polar surface area (TPSA) is 63.1 Å². The maximum Gasteiger partial charge on any atom is 0.310 e. The van der Waals surface area contributed by atoms with Crippen LogP contribution < -0.4 is 0 Å². The summed E-state index contributed by atoms with van der Waals surface area (Å²) >= 11 is 0.943. The Balaban J connectivity index is 0.00000261. The zero-order valence-electron chi connectivity index (χ0n) is 14.6. The number of hydrogen-bond donors (Lipinski definition) is 1. The highest BCUT2D eigenvalue weighted by Crippen LogP contribution is 2.32. The minimum Gasteiger partial charge on any atom is -0.481 e. The van der Waals surface area contributed by atoms with E-state index in [9.17, 15) is 23.1 Å². The summed E-state index contributed by atoms with van der Waals surface area (Å²) in [6.07, 6.45) is 1.75. The van der Waals surface area contributed by atoms with Crippen molar-refractivity contribution in [2.45, 2.75) is 33.1 Å². The van der Waals surface area contributed by atoms with Gasteiger partial charge in [-0.1, -0.05) is 0 Å². The van der Waals surface area contributed by atoms with E-state index in [0.717, 1.165) is 22.5 Å². The molecule has 4 nitrogen and oxygen atoms in total. The van der Waals surface area contributed by atoms with Gasteiger partial charge in [0.25, 0.3) is 0 Å². The molecular formula is C18H16ClF3N2O2S. The second-order valence-corrected chi connectivity index (χ2v) is 7.16. The molecule has 0 saturated carbocycles. The minimum absolute atomic E-state index is 0. The van der Waals surface area contributed by atoms with Gasteiger partial charge in [-0.2, -0.15) is 0 Å². The van der Waals surface area contributed by atoms with Crippen molar-refractivity contribution in [2.24, 2.45) is 0 Å². The number of nitrogens with zero attached hydrogens (tertiary/aromatic N) is 2. The summed E-state index contributed by atoms with van der Waals surface area (Å²) in [6, 6.07) is 0.507. The van der Waals surface area contributed by atoms with Gasteiger partial charge in [-0.3, -0.25) is 9.78 Å². The first-order chi connectivity index (χ1) is 12.2. The van der Waals surface area contributed by atoms with Gasteiger partial charge < -0.3 is 5.11 Å². The number of aliphatic carboxylic acids is 1. The molecule has 1 aromatic carbocycles. The number of aromatic nitrogens is 2. The number of carboxylic acids is 1. The summed E-state index contributed by atoms with van der Waals surface area (Å²) < 4.78 is 41.1. The number of aryl methyl sites for hydroxylation is 1. The Kier molecular flexibility index (Phi) is 6.11. The highest BCUT2D eigenvalue weighted by Gasteiger charge is 2.22. The van der Waals surface area contributed by atoms with Crippen LogP contribution in [0.5, 0.6) is 0 Å². The summed E-state index contributed by atoms with van der Waals surface area (Å²) in [5.74, 6) is -5.02. The molecule has 1 atom stereocenters. The van der Waals surface area contributed by atoms with E-state index in [-0.39, 0.29) is 29.0 Å². The van der Waals surface area contributed by atoms with Gasteiger partial charge >= 0.3 is 5.97 Å². The zero-order valence-corrected chi connectivity index (χ0v) is 16.3. The van der Waals surface area contributed by atoms with Gasteiger partial charge in [0.15, 0.2) is 11.6 Å². The number of thiazole rings is 1. The standard InChI is InChI=1S/C18H15F3N2O2S.ClH/c1-7-10(9(3)22-6-11(7)8(2)18(24)25)4-14-23-16-15(21)12(19)5-13(20)17(16)26-14;/h5-6,8H,4H2,1-3H3,(H,24,25);1H. The Hall–Kier alpha value is -2.19. The van der Waals surface area contributed by atoms with Crippen molar-refractivity contribution in [2.75, 3.05) is 0 Å². The quantitative estimate of drug-likeness (QED) is 0.613. The van der Waals surface area contributed by atoms with E-state index < -0.39 is 29.3 Å². The molecule has 2 heterocycles. The fourth-order valence-corrected chi connectivity index (χ4v) is 3.85. The monoisotopic (exact) mass is 416 g/mol. The molecule has 0 spiro atoms. The number of rotatable bonds is 4. The molecule has 1 unspecified atom stereocenters. The first-order valence-corrected chi connectivity index (χ1v) is 8.63. The highest BCUT2D eigenvalue weighted by molar-refractivity contribution is 7.18. The third-order valence-corrected chi connectivity index (χ3v) is 5.51. The molecule has 9 heteroatoms. The van der Waals surface area contributed by atoms with Crippen LogP contribution in [0.3, 0.4) is 0 Å². The van der Waals surface area contributed by atoms with Crippen molar-refractivity contribution < 1.29 is 23.1 Å². The SMILES string of the molecule is Cc1ncc(C(C)C(=O)O)c(C)c1Cc1nc2c(F)c(F)cc(F)c2s1.Cl. The van der Waals surface area contributed by atoms with Gasteiger partial charge in [0, 0.05) is 24.4 Å². The van der Waals surface area contributed by atoms with Crippen molar-refractivity contribution in [3.63, 3.8) is 0 Å². The predicted octanol–water partition coefficient (Wildman–Crippen LogP) is 4.93. The number of hydrogen-bond acceptors (Lipinski definition) is 4. The second kappa shape index (κ2) is 7.82. The maximum absolute atomic E-state index is 13.9. The molecule has 3 rings (SSSR count). The van der Waals surface area contributed by atoms with E-state index in [1.54, 1.807) is 20.8 Å². The van der Waals surface area contributed by atoms with Crippen LogP contribution in [0.4, 0.5) is 13.2 Å². The molecule has 0 saturated heterocycles. The maximum atomic E-state index is 13.9. The molecule has 0 radical (unpaired) electrons. The second-order valence-electron chi connectivity index (χ2n) is 6.08. The number of carbonyl (C=O) groups is 1. The lowest BCUT2D eigenvalue weighted by Crippen LogP contribution is -2.12. The van der Waals surface area contributed by atoms with Crippen LogP contribution >= 0.6 is 23.7 Å². The van der Waals surface area contributed by atoms with Gasteiger partial charge in [0.2, 0.25) is 0 Å². The van der Waals surface area contributed by atoms with Gasteiger partial charge in [0.05, 0.1) is 15.6 Å². The van der Waals surface area contributed by atoms with Crippen molar-refractivity contribution in [3.05, 3.63) is 57.1 Å². The molecule has 0 aliphatic heterocycles. The molecule has 3 aromatic rings. The number of fused-ring (bicyclic) bond motifs is 1. The normalized spacial score (nSPS) is 12.1. The van der Waals surface area contributed by atoms with Crippen LogP contribution in [-0.2, 0) is 11.2 Å². The lowest BCUT2D eigenvalue weighted by molar-refractivity contribution is -0.138. The largest absolute Gasteiger partial charge is 0.481 e. The molecule has 144 valence electrons. The summed E-state index contributed by atoms with van der Waals surface area (Å²) in [5, 5.41) is 9.63. The molecule has 2 aromatic heterocycles. The van der Waals surface area contributed by atoms with Crippen molar-refractivity contribution >= 4 is 39.9 Å². The summed E-state index contributed by atoms with van der Waals surface area (Å²) in [6.45, 7) is 5.12. The number of pyridine rings is 1. The van der Waals surface area contributed by atoms with Gasteiger partial charge in [-0.05, 0) is 37.5 Å². The fourth-order valence-electron chi connectivity index (χ4n) is 2.87. The molecule has 1 N–H and O–H groups in total. The van der Waals surface area contributed by atoms with Gasteiger partial charge in [-0.15, -0.1) is 23.7 Å². The third kappa shape index (κ3) is 3.77. The Morgan fingerprint density at radius 1 is 1.26 bits per heavy atom. The Labute approximate surface area is 163 Å². The van der Waals surface area contributed by atoms with Crippen LogP contribution in [0, 0.1) is 31.3 Å². The van der Waals surface area contributed by atoms with Crippen LogP contribution in [-0.4, -0.2) is 21.0 Å². The highest BCUT2D eigenvalue weighted by atomic mass is 35.5. The number of carboxylic acid groups (broad SMARTS) is 1. The summed E-state index contributed by atoms with van der Waals surface area (Å²) in [7, 11) is 0. The minimum atomic E-state index is -1.28. The molecule has 0 fully saturated rings. The van der Waals surface area contributed by atoms with E-state index in [1.165, 1.54) is 6.20 Å². The van der Waals surface area contributed by atoms with Crippen LogP contribution in [0.2, 0.25) is 0 Å². The fraction of sp³-hybridized carbons (Fsp3) is 0.278. The van der Waals surface area contributed by atoms with Crippen molar-refractivity contribution in [1.82, 2.24) is 9.97 Å². The summed E-state index contributed by atoms with van der Waals surface area (Å²) in [4.78, 5) is 19.6.